The van der Waals surface area contributed by atoms with E-state index in [1.807, 2.05) is 6.07 Å². The number of carboxylic acid groups (broad SMARTS) is 1. The summed E-state index contributed by atoms with van der Waals surface area (Å²) in [6, 6.07) is 14.3. The molecule has 1 aliphatic heterocycles. The number of nitrogens with zero attached hydrogens (tertiary/aromatic N) is 1. The molecule has 0 bridgehead atoms. The van der Waals surface area contributed by atoms with Crippen LogP contribution in [0.2, 0.25) is 0 Å². The molecule has 0 unspecified atom stereocenters. The van der Waals surface area contributed by atoms with E-state index in [1.54, 1.807) is 11.8 Å². The van der Waals surface area contributed by atoms with Gasteiger partial charge in [0.15, 0.2) is 0 Å². The summed E-state index contributed by atoms with van der Waals surface area (Å²) in [6.07, 6.45) is 0. The Balaban J connectivity index is 1.81. The first-order valence-electron chi connectivity index (χ1n) is 7.22. The van der Waals surface area contributed by atoms with Gasteiger partial charge < -0.3 is 9.67 Å². The topological polar surface area (TPSA) is 54.3 Å². The van der Waals surface area contributed by atoms with Gasteiger partial charge in [-0.15, -0.1) is 11.8 Å². The number of fused-ring (bicyclic) bond motifs is 3. The molecule has 2 atom stereocenters. The van der Waals surface area contributed by atoms with Crippen molar-refractivity contribution in [1.82, 2.24) is 9.88 Å². The van der Waals surface area contributed by atoms with Crippen LogP contribution in [0.5, 0.6) is 0 Å². The second-order valence-electron chi connectivity index (χ2n) is 5.62. The Labute approximate surface area is 132 Å². The Hall–Kier alpha value is -1.98. The number of carbonyl (C=O) groups is 1. The Morgan fingerprint density at radius 1 is 1.23 bits per heavy atom. The minimum atomic E-state index is -0.777. The number of rotatable bonds is 2. The molecule has 2 N–H and O–H groups in total. The Bertz CT molecular complexity index is 887. The molecule has 4 nitrogen and oxygen atoms in total. The van der Waals surface area contributed by atoms with Crippen molar-refractivity contribution in [1.29, 1.82) is 0 Å². The van der Waals surface area contributed by atoms with Crippen molar-refractivity contribution in [2.75, 3.05) is 5.75 Å². The summed E-state index contributed by atoms with van der Waals surface area (Å²) < 4.78 is 2.20. The highest BCUT2D eigenvalue weighted by atomic mass is 32.2. The maximum absolute atomic E-state index is 11.1. The van der Waals surface area contributed by atoms with E-state index in [0.29, 0.717) is 5.75 Å². The molecule has 3 aromatic rings. The molecular weight excluding hydrogens is 296 g/mol. The lowest BCUT2D eigenvalue weighted by atomic mass is 10.1. The maximum atomic E-state index is 11.1. The van der Waals surface area contributed by atoms with Crippen molar-refractivity contribution in [3.05, 3.63) is 48.0 Å². The molecule has 112 valence electrons. The van der Waals surface area contributed by atoms with Crippen LogP contribution in [0.15, 0.2) is 42.5 Å². The number of hydrogen-bond acceptors (Lipinski definition) is 3. The third kappa shape index (κ3) is 2.01. The number of benzene rings is 2. The van der Waals surface area contributed by atoms with E-state index in [9.17, 15) is 4.79 Å². The van der Waals surface area contributed by atoms with Crippen LogP contribution in [0.4, 0.5) is 0 Å². The van der Waals surface area contributed by atoms with Crippen LogP contribution in [-0.2, 0) is 11.8 Å². The van der Waals surface area contributed by atoms with Crippen LogP contribution in [0.3, 0.4) is 0 Å². The number of para-hydroxylation sites is 1. The summed E-state index contributed by atoms with van der Waals surface area (Å²) in [7, 11) is 2.08. The minimum Gasteiger partial charge on any atom is -0.480 e. The molecule has 1 aromatic heterocycles. The average Bonchev–Trinajstić information content (AvgIpc) is 3.13. The number of hydrogen-bond donors (Lipinski definition) is 2. The predicted octanol–water partition coefficient (Wildman–Crippen LogP) is 3.12. The lowest BCUT2D eigenvalue weighted by Gasteiger charge is -2.11. The molecule has 0 saturated carbocycles. The monoisotopic (exact) mass is 312 g/mol. The highest BCUT2D eigenvalue weighted by molar-refractivity contribution is 7.99. The number of carboxylic acids is 1. The van der Waals surface area contributed by atoms with Gasteiger partial charge in [-0.05, 0) is 23.8 Å². The largest absolute Gasteiger partial charge is 0.480 e. The number of thioether (sulfide) groups is 1. The summed E-state index contributed by atoms with van der Waals surface area (Å²) in [5.41, 5.74) is 3.55. The van der Waals surface area contributed by atoms with Crippen LogP contribution >= 0.6 is 11.8 Å². The average molecular weight is 312 g/mol. The molecule has 1 fully saturated rings. The quantitative estimate of drug-likeness (QED) is 0.763. The standard InChI is InChI=1S/C17H16N2O2S/c1-19-14-5-3-2-4-11(14)12-8-10(6-7-15(12)19)16-18-13(9-22-16)17(20)21/h2-8,13,16,18H,9H2,1H3,(H,20,21)/t13-,16+/m1/s1. The molecular formula is C17H16N2O2S. The van der Waals surface area contributed by atoms with Gasteiger partial charge in [0.25, 0.3) is 0 Å². The van der Waals surface area contributed by atoms with Crippen molar-refractivity contribution in [3.63, 3.8) is 0 Å². The van der Waals surface area contributed by atoms with E-state index in [1.165, 1.54) is 21.8 Å². The summed E-state index contributed by atoms with van der Waals surface area (Å²) >= 11 is 1.65. The normalized spacial score (nSPS) is 21.7. The fraction of sp³-hybridized carbons (Fsp3) is 0.235. The zero-order valence-electron chi connectivity index (χ0n) is 12.1. The first-order chi connectivity index (χ1) is 10.6. The summed E-state index contributed by atoms with van der Waals surface area (Å²) in [4.78, 5) is 11.1. The molecule has 0 aliphatic carbocycles. The van der Waals surface area contributed by atoms with Gasteiger partial charge in [-0.2, -0.15) is 0 Å². The van der Waals surface area contributed by atoms with Gasteiger partial charge in [0.05, 0.1) is 5.37 Å². The van der Waals surface area contributed by atoms with Gasteiger partial charge in [-0.25, -0.2) is 0 Å². The minimum absolute atomic E-state index is 0.0458. The van der Waals surface area contributed by atoms with Gasteiger partial charge in [0, 0.05) is 34.6 Å². The number of aliphatic carboxylic acids is 1. The van der Waals surface area contributed by atoms with Gasteiger partial charge in [-0.1, -0.05) is 24.3 Å². The Morgan fingerprint density at radius 3 is 2.77 bits per heavy atom. The zero-order valence-corrected chi connectivity index (χ0v) is 12.9. The van der Waals surface area contributed by atoms with E-state index < -0.39 is 12.0 Å². The Morgan fingerprint density at radius 2 is 2.00 bits per heavy atom. The van der Waals surface area contributed by atoms with E-state index in [0.717, 1.165) is 5.56 Å². The smallest absolute Gasteiger partial charge is 0.321 e. The molecule has 2 heterocycles. The van der Waals surface area contributed by atoms with E-state index >= 15 is 0 Å². The van der Waals surface area contributed by atoms with Gasteiger partial charge in [0.2, 0.25) is 0 Å². The van der Waals surface area contributed by atoms with Crippen LogP contribution in [-0.4, -0.2) is 27.4 Å². The van der Waals surface area contributed by atoms with Crippen molar-refractivity contribution >= 4 is 39.5 Å². The molecule has 5 heteroatoms. The molecule has 4 rings (SSSR count). The highest BCUT2D eigenvalue weighted by Gasteiger charge is 2.30. The van der Waals surface area contributed by atoms with Crippen LogP contribution in [0, 0.1) is 0 Å². The van der Waals surface area contributed by atoms with Crippen molar-refractivity contribution in [2.24, 2.45) is 7.05 Å². The molecule has 1 aliphatic rings. The van der Waals surface area contributed by atoms with Crippen LogP contribution in [0.1, 0.15) is 10.9 Å². The summed E-state index contributed by atoms with van der Waals surface area (Å²) in [5, 5.41) is 14.8. The van der Waals surface area contributed by atoms with Crippen molar-refractivity contribution < 1.29 is 9.90 Å². The summed E-state index contributed by atoms with van der Waals surface area (Å²) in [6.45, 7) is 0. The SMILES string of the molecule is Cn1c2ccccc2c2cc([C@H]3N[C@@H](C(=O)O)CS3)ccc21. The van der Waals surface area contributed by atoms with Crippen molar-refractivity contribution in [2.45, 2.75) is 11.4 Å². The second kappa shape index (κ2) is 5.04. The first-order valence-corrected chi connectivity index (χ1v) is 8.27. The third-order valence-corrected chi connectivity index (χ3v) is 5.59. The van der Waals surface area contributed by atoms with Crippen LogP contribution < -0.4 is 5.32 Å². The molecule has 22 heavy (non-hydrogen) atoms. The van der Waals surface area contributed by atoms with E-state index in [-0.39, 0.29) is 5.37 Å². The maximum Gasteiger partial charge on any atom is 0.321 e. The fourth-order valence-electron chi connectivity index (χ4n) is 3.16. The van der Waals surface area contributed by atoms with Gasteiger partial charge >= 0.3 is 5.97 Å². The van der Waals surface area contributed by atoms with E-state index in [4.69, 9.17) is 5.11 Å². The molecule has 1 saturated heterocycles. The van der Waals surface area contributed by atoms with Gasteiger partial charge in [0.1, 0.15) is 6.04 Å². The predicted molar refractivity (Wildman–Crippen MR) is 90.2 cm³/mol. The number of nitrogens with one attached hydrogen (secondary N) is 1. The Kier molecular flexibility index (Phi) is 3.13. The highest BCUT2D eigenvalue weighted by Crippen LogP contribution is 2.36. The van der Waals surface area contributed by atoms with E-state index in [2.05, 4.69) is 53.3 Å². The third-order valence-electron chi connectivity index (χ3n) is 4.32. The van der Waals surface area contributed by atoms with Gasteiger partial charge in [-0.3, -0.25) is 10.1 Å². The molecule has 2 aromatic carbocycles. The molecule has 0 spiro atoms. The summed E-state index contributed by atoms with van der Waals surface area (Å²) in [5.74, 6) is -0.172. The number of aryl methyl sites for hydroxylation is 1. The molecule has 0 radical (unpaired) electrons. The van der Waals surface area contributed by atoms with Crippen molar-refractivity contribution in [3.8, 4) is 0 Å². The van der Waals surface area contributed by atoms with Crippen LogP contribution in [0.25, 0.3) is 21.8 Å². The molecule has 0 amide bonds. The number of aromatic nitrogens is 1. The zero-order chi connectivity index (χ0) is 15.3. The first kappa shape index (κ1) is 13.7. The second-order valence-corrected chi connectivity index (χ2v) is 6.76. The lowest BCUT2D eigenvalue weighted by Crippen LogP contribution is -2.33. The lowest BCUT2D eigenvalue weighted by molar-refractivity contribution is -0.138. The fourth-order valence-corrected chi connectivity index (χ4v) is 4.38.